The summed E-state index contributed by atoms with van der Waals surface area (Å²) in [5, 5.41) is 2.71. The Labute approximate surface area is 175 Å². The van der Waals surface area contributed by atoms with E-state index in [9.17, 15) is 4.79 Å². The highest BCUT2D eigenvalue weighted by atomic mass is 32.1. The van der Waals surface area contributed by atoms with E-state index < -0.39 is 0 Å². The van der Waals surface area contributed by atoms with Crippen molar-refractivity contribution in [3.63, 3.8) is 0 Å². The maximum absolute atomic E-state index is 12.9. The third-order valence-corrected chi connectivity index (χ3v) is 5.78. The van der Waals surface area contributed by atoms with Crippen LogP contribution in [0.1, 0.15) is 24.3 Å². The Balaban J connectivity index is 1.39. The highest BCUT2D eigenvalue weighted by Gasteiger charge is 2.24. The summed E-state index contributed by atoms with van der Waals surface area (Å²) in [6.45, 7) is 7.11. The van der Waals surface area contributed by atoms with Crippen molar-refractivity contribution in [1.82, 2.24) is 9.88 Å². The fourth-order valence-corrected chi connectivity index (χ4v) is 4.22. The number of thiazole rings is 1. The highest BCUT2D eigenvalue weighted by Crippen LogP contribution is 2.27. The van der Waals surface area contributed by atoms with Crippen molar-refractivity contribution in [3.8, 4) is 16.3 Å². The smallest absolute Gasteiger partial charge is 0.273 e. The molecule has 3 aromatic rings. The molecule has 29 heavy (non-hydrogen) atoms. The van der Waals surface area contributed by atoms with E-state index in [1.807, 2.05) is 66.6 Å². The Kier molecular flexibility index (Phi) is 5.81. The van der Waals surface area contributed by atoms with Crippen molar-refractivity contribution in [3.05, 3.63) is 65.7 Å². The number of para-hydroxylation sites is 1. The lowest BCUT2D eigenvalue weighted by Crippen LogP contribution is -2.48. The van der Waals surface area contributed by atoms with Gasteiger partial charge >= 0.3 is 0 Å². The lowest BCUT2D eigenvalue weighted by molar-refractivity contribution is 0.0742. The quantitative estimate of drug-likeness (QED) is 0.622. The van der Waals surface area contributed by atoms with Gasteiger partial charge in [0, 0.05) is 42.8 Å². The van der Waals surface area contributed by atoms with Crippen LogP contribution in [0, 0.1) is 0 Å². The summed E-state index contributed by atoms with van der Waals surface area (Å²) in [7, 11) is 0. The summed E-state index contributed by atoms with van der Waals surface area (Å²) in [5.74, 6) is 0.855. The van der Waals surface area contributed by atoms with Gasteiger partial charge in [-0.3, -0.25) is 4.79 Å². The van der Waals surface area contributed by atoms with Gasteiger partial charge in [0.25, 0.3) is 5.91 Å². The predicted octanol–water partition coefficient (Wildman–Crippen LogP) is 4.56. The molecule has 2 heterocycles. The molecule has 1 amide bonds. The molecule has 1 fully saturated rings. The zero-order valence-corrected chi connectivity index (χ0v) is 17.6. The lowest BCUT2D eigenvalue weighted by Gasteiger charge is -2.35. The number of aromatic nitrogens is 1. The van der Waals surface area contributed by atoms with Crippen LogP contribution in [0.2, 0.25) is 0 Å². The van der Waals surface area contributed by atoms with Gasteiger partial charge < -0.3 is 14.5 Å². The average molecular weight is 408 g/mol. The number of amides is 1. The van der Waals surface area contributed by atoms with Crippen molar-refractivity contribution in [1.29, 1.82) is 0 Å². The summed E-state index contributed by atoms with van der Waals surface area (Å²) in [6.07, 6.45) is 0.146. The number of anilines is 1. The molecule has 4 rings (SSSR count). The molecule has 1 aromatic heterocycles. The molecular weight excluding hydrogens is 382 g/mol. The number of carbonyl (C=O) groups excluding carboxylic acids is 1. The van der Waals surface area contributed by atoms with Crippen LogP contribution in [0.25, 0.3) is 10.6 Å². The number of rotatable bonds is 5. The van der Waals surface area contributed by atoms with Crippen LogP contribution >= 0.6 is 11.3 Å². The molecule has 5 nitrogen and oxygen atoms in total. The molecule has 2 aromatic carbocycles. The third kappa shape index (κ3) is 4.59. The topological polar surface area (TPSA) is 45.7 Å². The highest BCUT2D eigenvalue weighted by molar-refractivity contribution is 7.13. The molecule has 0 aliphatic carbocycles. The molecule has 0 N–H and O–H groups in total. The molecule has 0 radical (unpaired) electrons. The number of benzene rings is 2. The molecule has 1 saturated heterocycles. The first-order chi connectivity index (χ1) is 14.1. The average Bonchev–Trinajstić information content (AvgIpc) is 3.24. The van der Waals surface area contributed by atoms with Gasteiger partial charge in [-0.05, 0) is 50.2 Å². The van der Waals surface area contributed by atoms with Gasteiger partial charge in [0.05, 0.1) is 6.10 Å². The summed E-state index contributed by atoms with van der Waals surface area (Å²) in [6, 6.07) is 18.2. The van der Waals surface area contributed by atoms with Crippen LogP contribution in [0.5, 0.6) is 5.75 Å². The van der Waals surface area contributed by atoms with E-state index in [-0.39, 0.29) is 12.0 Å². The molecule has 0 atom stereocenters. The minimum Gasteiger partial charge on any atom is -0.491 e. The number of piperazine rings is 1. The Morgan fingerprint density at radius 2 is 1.69 bits per heavy atom. The first-order valence-corrected chi connectivity index (χ1v) is 10.8. The summed E-state index contributed by atoms with van der Waals surface area (Å²) < 4.78 is 5.69. The number of ether oxygens (including phenoxy) is 1. The number of carbonyl (C=O) groups is 1. The van der Waals surface area contributed by atoms with Crippen molar-refractivity contribution in [2.75, 3.05) is 31.1 Å². The molecule has 150 valence electrons. The van der Waals surface area contributed by atoms with Crippen molar-refractivity contribution >= 4 is 22.9 Å². The molecule has 0 spiro atoms. The summed E-state index contributed by atoms with van der Waals surface area (Å²) >= 11 is 1.50. The molecular formula is C23H25N3O2S. The predicted molar refractivity (Wildman–Crippen MR) is 118 cm³/mol. The Hall–Kier alpha value is -2.86. The lowest BCUT2D eigenvalue weighted by atomic mass is 10.2. The zero-order valence-electron chi connectivity index (χ0n) is 16.7. The van der Waals surface area contributed by atoms with E-state index in [1.54, 1.807) is 0 Å². The van der Waals surface area contributed by atoms with Gasteiger partial charge in [0.2, 0.25) is 0 Å². The van der Waals surface area contributed by atoms with Crippen LogP contribution in [0.4, 0.5) is 5.69 Å². The summed E-state index contributed by atoms with van der Waals surface area (Å²) in [4.78, 5) is 21.7. The fourth-order valence-electron chi connectivity index (χ4n) is 3.42. The van der Waals surface area contributed by atoms with E-state index in [2.05, 4.69) is 22.0 Å². The van der Waals surface area contributed by atoms with Gasteiger partial charge in [-0.2, -0.15) is 0 Å². The number of hydrogen-bond donors (Lipinski definition) is 0. The van der Waals surface area contributed by atoms with E-state index >= 15 is 0 Å². The molecule has 0 bridgehead atoms. The maximum atomic E-state index is 12.9. The second-order valence-corrected chi connectivity index (χ2v) is 8.20. The van der Waals surface area contributed by atoms with Crippen molar-refractivity contribution in [2.45, 2.75) is 20.0 Å². The third-order valence-electron chi connectivity index (χ3n) is 4.88. The largest absolute Gasteiger partial charge is 0.491 e. The summed E-state index contributed by atoms with van der Waals surface area (Å²) in [5.41, 5.74) is 2.74. The first kappa shape index (κ1) is 19.5. The minimum atomic E-state index is 0.0139. The van der Waals surface area contributed by atoms with Crippen molar-refractivity contribution in [2.24, 2.45) is 0 Å². The van der Waals surface area contributed by atoms with Crippen LogP contribution < -0.4 is 9.64 Å². The number of hydrogen-bond acceptors (Lipinski definition) is 5. The minimum absolute atomic E-state index is 0.0139. The fraction of sp³-hybridized carbons (Fsp3) is 0.304. The number of nitrogens with zero attached hydrogens (tertiary/aromatic N) is 3. The van der Waals surface area contributed by atoms with Crippen LogP contribution in [-0.2, 0) is 0 Å². The molecule has 1 aliphatic heterocycles. The van der Waals surface area contributed by atoms with Crippen LogP contribution in [0.15, 0.2) is 60.0 Å². The van der Waals surface area contributed by atoms with E-state index in [4.69, 9.17) is 4.74 Å². The van der Waals surface area contributed by atoms with Gasteiger partial charge in [-0.1, -0.05) is 18.2 Å². The molecule has 6 heteroatoms. The van der Waals surface area contributed by atoms with Gasteiger partial charge in [-0.25, -0.2) is 4.98 Å². The Morgan fingerprint density at radius 1 is 1.00 bits per heavy atom. The second-order valence-electron chi connectivity index (χ2n) is 7.34. The standard InChI is InChI=1S/C23H25N3O2S/c1-17(2)28-20-10-8-18(9-11-20)22-24-21(16-29-22)23(27)26-14-12-25(13-15-26)19-6-4-3-5-7-19/h3-11,16-17H,12-15H2,1-2H3. The SMILES string of the molecule is CC(C)Oc1ccc(-c2nc(C(=O)N3CCN(c4ccccc4)CC3)cs2)cc1. The molecule has 0 unspecified atom stereocenters. The normalized spacial score (nSPS) is 14.3. The van der Waals surface area contributed by atoms with E-state index in [0.29, 0.717) is 18.8 Å². The maximum Gasteiger partial charge on any atom is 0.273 e. The van der Waals surface area contributed by atoms with Gasteiger partial charge in [0.1, 0.15) is 16.5 Å². The van der Waals surface area contributed by atoms with Crippen LogP contribution in [-0.4, -0.2) is 48.1 Å². The first-order valence-electron chi connectivity index (χ1n) is 9.92. The van der Waals surface area contributed by atoms with Crippen LogP contribution in [0.3, 0.4) is 0 Å². The monoisotopic (exact) mass is 407 g/mol. The van der Waals surface area contributed by atoms with E-state index in [1.165, 1.54) is 17.0 Å². The van der Waals surface area contributed by atoms with Crippen molar-refractivity contribution < 1.29 is 9.53 Å². The molecule has 0 saturated carbocycles. The molecule has 1 aliphatic rings. The van der Waals surface area contributed by atoms with E-state index in [0.717, 1.165) is 29.4 Å². The zero-order chi connectivity index (χ0) is 20.2. The Bertz CT molecular complexity index is 946. The second kappa shape index (κ2) is 8.66. The van der Waals surface area contributed by atoms with Gasteiger partial charge in [0.15, 0.2) is 0 Å². The van der Waals surface area contributed by atoms with Gasteiger partial charge in [-0.15, -0.1) is 11.3 Å². The Morgan fingerprint density at radius 3 is 2.34 bits per heavy atom.